The van der Waals surface area contributed by atoms with Crippen LogP contribution in [0.25, 0.3) is 10.9 Å². The van der Waals surface area contributed by atoms with Gasteiger partial charge in [0.15, 0.2) is 5.69 Å². The number of sulfonamides is 1. The van der Waals surface area contributed by atoms with Gasteiger partial charge in [0.25, 0.3) is 0 Å². The van der Waals surface area contributed by atoms with Gasteiger partial charge in [-0.1, -0.05) is 6.07 Å². The number of nitrogens with two attached hydrogens (primary N) is 1. The number of primary sulfonamides is 1. The van der Waals surface area contributed by atoms with E-state index in [9.17, 15) is 18.3 Å². The lowest BCUT2D eigenvalue weighted by molar-refractivity contribution is 0.200. The molecule has 1 amide bonds. The Labute approximate surface area is 211 Å². The molecule has 0 aliphatic heterocycles. The third-order valence-corrected chi connectivity index (χ3v) is 6.23. The molecule has 0 aliphatic rings. The van der Waals surface area contributed by atoms with Crippen LogP contribution >= 0.6 is 0 Å². The van der Waals surface area contributed by atoms with E-state index in [0.717, 1.165) is 0 Å². The standard InChI is InChI=1S/C24H23N5O7S/c1-34-20-4-3-5-21(35-2)18(20)13-26-24(31)36-15-8-11-19-17(12-15)22(23(30)27-19)29-28-14-6-9-16(10-7-14)37(25,32)33/h3-12,27,30H,13H2,1-2H3,(H,26,31)(H2,25,32,33). The number of H-pyrrole nitrogens is 1. The van der Waals surface area contributed by atoms with Gasteiger partial charge in [-0.3, -0.25) is 0 Å². The van der Waals surface area contributed by atoms with Crippen molar-refractivity contribution >= 4 is 38.4 Å². The molecule has 13 heteroatoms. The van der Waals surface area contributed by atoms with Crippen molar-refractivity contribution in [2.45, 2.75) is 11.4 Å². The summed E-state index contributed by atoms with van der Waals surface area (Å²) in [6, 6.07) is 15.4. The first-order chi connectivity index (χ1) is 17.7. The largest absolute Gasteiger partial charge is 0.496 e. The molecule has 0 saturated carbocycles. The molecular weight excluding hydrogens is 502 g/mol. The minimum Gasteiger partial charge on any atom is -0.496 e. The van der Waals surface area contributed by atoms with E-state index in [2.05, 4.69) is 20.5 Å². The molecule has 0 radical (unpaired) electrons. The highest BCUT2D eigenvalue weighted by Gasteiger charge is 2.15. The van der Waals surface area contributed by atoms with Gasteiger partial charge in [0.1, 0.15) is 17.2 Å². The van der Waals surface area contributed by atoms with E-state index >= 15 is 0 Å². The first-order valence-corrected chi connectivity index (χ1v) is 12.3. The van der Waals surface area contributed by atoms with E-state index in [1.54, 1.807) is 30.3 Å². The van der Waals surface area contributed by atoms with E-state index < -0.39 is 16.1 Å². The number of hydrogen-bond donors (Lipinski definition) is 4. The summed E-state index contributed by atoms with van der Waals surface area (Å²) in [5.41, 5.74) is 1.62. The summed E-state index contributed by atoms with van der Waals surface area (Å²) >= 11 is 0. The minimum atomic E-state index is -3.83. The zero-order valence-corrected chi connectivity index (χ0v) is 20.6. The Morgan fingerprint density at radius 3 is 2.32 bits per heavy atom. The molecule has 37 heavy (non-hydrogen) atoms. The Kier molecular flexibility index (Phi) is 7.27. The summed E-state index contributed by atoms with van der Waals surface area (Å²) in [4.78, 5) is 15.2. The van der Waals surface area contributed by atoms with Crippen LogP contribution in [0.4, 0.5) is 16.2 Å². The van der Waals surface area contributed by atoms with Crippen molar-refractivity contribution in [1.29, 1.82) is 0 Å². The zero-order valence-electron chi connectivity index (χ0n) is 19.8. The van der Waals surface area contributed by atoms with Gasteiger partial charge in [0, 0.05) is 5.39 Å². The number of benzene rings is 3. The number of amides is 1. The van der Waals surface area contributed by atoms with Gasteiger partial charge in [-0.15, -0.1) is 5.11 Å². The number of fused-ring (bicyclic) bond motifs is 1. The number of aromatic nitrogens is 1. The Hall–Kier alpha value is -4.62. The molecule has 0 spiro atoms. The molecule has 4 rings (SSSR count). The Morgan fingerprint density at radius 2 is 1.70 bits per heavy atom. The van der Waals surface area contributed by atoms with Crippen LogP contribution in [0, 0.1) is 0 Å². The molecule has 12 nitrogen and oxygen atoms in total. The molecule has 0 aliphatic carbocycles. The second kappa shape index (κ2) is 10.6. The number of nitrogens with one attached hydrogen (secondary N) is 2. The summed E-state index contributed by atoms with van der Waals surface area (Å²) in [6.07, 6.45) is -0.717. The van der Waals surface area contributed by atoms with Gasteiger partial charge in [-0.25, -0.2) is 18.4 Å². The van der Waals surface area contributed by atoms with Crippen LogP contribution in [0.15, 0.2) is 75.8 Å². The number of azo groups is 1. The second-order valence-electron chi connectivity index (χ2n) is 7.65. The van der Waals surface area contributed by atoms with Gasteiger partial charge in [0.2, 0.25) is 15.9 Å². The maximum absolute atomic E-state index is 12.5. The predicted octanol–water partition coefficient (Wildman–Crippen LogP) is 4.24. The van der Waals surface area contributed by atoms with Crippen LogP contribution in [-0.2, 0) is 16.6 Å². The molecule has 0 atom stereocenters. The highest BCUT2D eigenvalue weighted by atomic mass is 32.2. The SMILES string of the molecule is COc1cccc(OC)c1CNC(=O)Oc1ccc2[nH]c(O)c(N=Nc3ccc(S(N)(=O)=O)cc3)c2c1. The molecule has 0 fully saturated rings. The lowest BCUT2D eigenvalue weighted by Crippen LogP contribution is -2.26. The van der Waals surface area contributed by atoms with Crippen LogP contribution in [0.1, 0.15) is 5.56 Å². The molecule has 3 aromatic carbocycles. The van der Waals surface area contributed by atoms with E-state index in [4.69, 9.17) is 19.3 Å². The zero-order chi connectivity index (χ0) is 26.6. The number of rotatable bonds is 8. The normalized spacial score (nSPS) is 11.5. The number of hydrogen-bond acceptors (Lipinski definition) is 9. The molecule has 192 valence electrons. The minimum absolute atomic E-state index is 0.0642. The molecule has 5 N–H and O–H groups in total. The van der Waals surface area contributed by atoms with Crippen molar-refractivity contribution in [1.82, 2.24) is 10.3 Å². The van der Waals surface area contributed by atoms with Gasteiger partial charge < -0.3 is 29.6 Å². The number of ether oxygens (including phenoxy) is 3. The van der Waals surface area contributed by atoms with E-state index in [1.807, 2.05) is 0 Å². The maximum atomic E-state index is 12.5. The molecule has 1 heterocycles. The van der Waals surface area contributed by atoms with E-state index in [1.165, 1.54) is 44.6 Å². The Bertz CT molecular complexity index is 1560. The number of carbonyl (C=O) groups is 1. The number of aromatic hydroxyl groups is 1. The molecule has 1 aromatic heterocycles. The van der Waals surface area contributed by atoms with Gasteiger partial charge in [-0.2, -0.15) is 5.11 Å². The first kappa shape index (κ1) is 25.5. The number of aromatic amines is 1. The van der Waals surface area contributed by atoms with Crippen LogP contribution < -0.4 is 24.7 Å². The molecule has 0 bridgehead atoms. The fourth-order valence-corrected chi connectivity index (χ4v) is 4.04. The molecule has 4 aromatic rings. The fraction of sp³-hybridized carbons (Fsp3) is 0.125. The van der Waals surface area contributed by atoms with Gasteiger partial charge in [0.05, 0.1) is 42.4 Å². The third-order valence-electron chi connectivity index (χ3n) is 5.30. The molecular formula is C24H23N5O7S. The van der Waals surface area contributed by atoms with Crippen molar-refractivity contribution < 1.29 is 32.5 Å². The second-order valence-corrected chi connectivity index (χ2v) is 9.21. The van der Waals surface area contributed by atoms with Crippen molar-refractivity contribution in [2.75, 3.05) is 14.2 Å². The van der Waals surface area contributed by atoms with Crippen LogP contribution in [0.2, 0.25) is 0 Å². The first-order valence-electron chi connectivity index (χ1n) is 10.7. The molecule has 0 unspecified atom stereocenters. The lowest BCUT2D eigenvalue weighted by Gasteiger charge is -2.13. The average Bonchev–Trinajstić information content (AvgIpc) is 3.19. The van der Waals surface area contributed by atoms with Gasteiger partial charge >= 0.3 is 6.09 Å². The van der Waals surface area contributed by atoms with E-state index in [0.29, 0.717) is 33.7 Å². The highest BCUT2D eigenvalue weighted by Crippen LogP contribution is 2.38. The third kappa shape index (κ3) is 5.79. The number of methoxy groups -OCH3 is 2. The van der Waals surface area contributed by atoms with E-state index in [-0.39, 0.29) is 28.8 Å². The summed E-state index contributed by atoms with van der Waals surface area (Å²) in [7, 11) is -0.791. The van der Waals surface area contributed by atoms with Crippen LogP contribution in [0.3, 0.4) is 0 Å². The van der Waals surface area contributed by atoms with Crippen molar-refractivity contribution in [3.8, 4) is 23.1 Å². The van der Waals surface area contributed by atoms with Crippen LogP contribution in [0.5, 0.6) is 23.1 Å². The maximum Gasteiger partial charge on any atom is 0.412 e. The summed E-state index contributed by atoms with van der Waals surface area (Å²) < 4.78 is 38.8. The fourth-order valence-electron chi connectivity index (χ4n) is 3.52. The summed E-state index contributed by atoms with van der Waals surface area (Å²) in [5, 5.41) is 26.6. The average molecular weight is 526 g/mol. The quantitative estimate of drug-likeness (QED) is 0.248. The van der Waals surface area contributed by atoms with Crippen LogP contribution in [-0.4, -0.2) is 38.8 Å². The van der Waals surface area contributed by atoms with Gasteiger partial charge in [-0.05, 0) is 54.6 Å². The predicted molar refractivity (Wildman–Crippen MR) is 134 cm³/mol. The smallest absolute Gasteiger partial charge is 0.412 e. The number of carbonyl (C=O) groups excluding carboxylic acids is 1. The lowest BCUT2D eigenvalue weighted by atomic mass is 10.1. The monoisotopic (exact) mass is 525 g/mol. The van der Waals surface area contributed by atoms with Crippen molar-refractivity contribution in [2.24, 2.45) is 15.4 Å². The Balaban J connectivity index is 1.50. The molecule has 0 saturated heterocycles. The summed E-state index contributed by atoms with van der Waals surface area (Å²) in [6.45, 7) is 0.100. The number of nitrogens with zero attached hydrogens (tertiary/aromatic N) is 2. The van der Waals surface area contributed by atoms with Crippen molar-refractivity contribution in [3.05, 3.63) is 66.2 Å². The van der Waals surface area contributed by atoms with Crippen molar-refractivity contribution in [3.63, 3.8) is 0 Å². The topological polar surface area (TPSA) is 178 Å². The Morgan fingerprint density at radius 1 is 1.03 bits per heavy atom. The highest BCUT2D eigenvalue weighted by molar-refractivity contribution is 7.89. The summed E-state index contributed by atoms with van der Waals surface area (Å²) in [5.74, 6) is 1.06.